The van der Waals surface area contributed by atoms with Gasteiger partial charge in [-0.2, -0.15) is 0 Å². The van der Waals surface area contributed by atoms with E-state index in [0.29, 0.717) is 6.54 Å². The first-order valence-electron chi connectivity index (χ1n) is 5.96. The Morgan fingerprint density at radius 2 is 1.94 bits per heavy atom. The van der Waals surface area contributed by atoms with E-state index in [2.05, 4.69) is 14.4 Å². The van der Waals surface area contributed by atoms with E-state index in [1.54, 1.807) is 12.4 Å². The summed E-state index contributed by atoms with van der Waals surface area (Å²) in [5.74, 6) is 0. The summed E-state index contributed by atoms with van der Waals surface area (Å²) in [4.78, 5) is 8.72. The molecule has 0 atom stereocenters. The summed E-state index contributed by atoms with van der Waals surface area (Å²) in [7, 11) is 0. The summed E-state index contributed by atoms with van der Waals surface area (Å²) in [6.45, 7) is 0.612. The molecule has 4 nitrogen and oxygen atoms in total. The summed E-state index contributed by atoms with van der Waals surface area (Å²) in [5.41, 5.74) is 9.88. The van der Waals surface area contributed by atoms with Gasteiger partial charge in [0.25, 0.3) is 0 Å². The third kappa shape index (κ3) is 1.76. The van der Waals surface area contributed by atoms with Crippen LogP contribution >= 0.6 is 0 Å². The smallest absolute Gasteiger partial charge is 0.137 e. The second-order valence-electron chi connectivity index (χ2n) is 4.11. The molecule has 0 bridgehead atoms. The Hall–Kier alpha value is -2.20. The van der Waals surface area contributed by atoms with Gasteiger partial charge in [0.2, 0.25) is 0 Å². The molecule has 0 aliphatic rings. The molecule has 3 aromatic heterocycles. The minimum atomic E-state index is 0.612. The van der Waals surface area contributed by atoms with E-state index < -0.39 is 0 Å². The fourth-order valence-corrected chi connectivity index (χ4v) is 2.16. The number of hydrogen-bond donors (Lipinski definition) is 1. The van der Waals surface area contributed by atoms with Crippen LogP contribution < -0.4 is 5.73 Å². The Balaban J connectivity index is 2.25. The highest BCUT2D eigenvalue weighted by molar-refractivity contribution is 5.66. The number of imidazole rings is 1. The molecule has 3 aromatic rings. The fourth-order valence-electron chi connectivity index (χ4n) is 2.16. The molecule has 0 spiro atoms. The van der Waals surface area contributed by atoms with Gasteiger partial charge in [-0.3, -0.25) is 4.98 Å². The van der Waals surface area contributed by atoms with Gasteiger partial charge in [-0.15, -0.1) is 0 Å². The molecule has 3 heterocycles. The number of aromatic nitrogens is 3. The van der Waals surface area contributed by atoms with Crippen LogP contribution in [-0.4, -0.2) is 20.9 Å². The van der Waals surface area contributed by atoms with E-state index in [9.17, 15) is 0 Å². The van der Waals surface area contributed by atoms with Gasteiger partial charge in [0.15, 0.2) is 0 Å². The van der Waals surface area contributed by atoms with Crippen molar-refractivity contribution in [1.29, 1.82) is 0 Å². The summed E-state index contributed by atoms with van der Waals surface area (Å²) in [6, 6.07) is 9.95. The van der Waals surface area contributed by atoms with Crippen LogP contribution in [0.5, 0.6) is 0 Å². The average molecular weight is 238 g/mol. The van der Waals surface area contributed by atoms with Crippen LogP contribution in [0.4, 0.5) is 0 Å². The van der Waals surface area contributed by atoms with Crippen molar-refractivity contribution in [2.45, 2.75) is 6.42 Å². The molecular weight excluding hydrogens is 224 g/mol. The number of rotatable bonds is 3. The Morgan fingerprint density at radius 1 is 1.11 bits per heavy atom. The second-order valence-corrected chi connectivity index (χ2v) is 4.11. The maximum absolute atomic E-state index is 5.70. The van der Waals surface area contributed by atoms with Crippen molar-refractivity contribution in [3.8, 4) is 11.3 Å². The van der Waals surface area contributed by atoms with Gasteiger partial charge in [0.1, 0.15) is 5.65 Å². The van der Waals surface area contributed by atoms with Crippen molar-refractivity contribution in [3.05, 3.63) is 54.6 Å². The van der Waals surface area contributed by atoms with E-state index in [4.69, 9.17) is 5.73 Å². The quantitative estimate of drug-likeness (QED) is 0.758. The third-order valence-corrected chi connectivity index (χ3v) is 2.96. The zero-order valence-corrected chi connectivity index (χ0v) is 9.95. The summed E-state index contributed by atoms with van der Waals surface area (Å²) >= 11 is 0. The second kappa shape index (κ2) is 4.58. The van der Waals surface area contributed by atoms with Gasteiger partial charge >= 0.3 is 0 Å². The minimum absolute atomic E-state index is 0.612. The topological polar surface area (TPSA) is 56.2 Å². The Labute approximate surface area is 105 Å². The molecule has 18 heavy (non-hydrogen) atoms. The largest absolute Gasteiger partial charge is 0.330 e. The SMILES string of the molecule is NCCc1c(-c2ccncc2)nc2ccccn12. The van der Waals surface area contributed by atoms with Crippen molar-refractivity contribution in [2.24, 2.45) is 5.73 Å². The van der Waals surface area contributed by atoms with Gasteiger partial charge < -0.3 is 10.1 Å². The highest BCUT2D eigenvalue weighted by Gasteiger charge is 2.12. The zero-order valence-electron chi connectivity index (χ0n) is 9.95. The van der Waals surface area contributed by atoms with Crippen LogP contribution in [0.3, 0.4) is 0 Å². The fraction of sp³-hybridized carbons (Fsp3) is 0.143. The summed E-state index contributed by atoms with van der Waals surface area (Å²) in [6.07, 6.45) is 6.40. The molecule has 0 saturated heterocycles. The molecule has 4 heteroatoms. The van der Waals surface area contributed by atoms with Crippen LogP contribution in [0, 0.1) is 0 Å². The summed E-state index contributed by atoms with van der Waals surface area (Å²) < 4.78 is 2.10. The number of fused-ring (bicyclic) bond motifs is 1. The van der Waals surface area contributed by atoms with Crippen molar-refractivity contribution < 1.29 is 0 Å². The number of pyridine rings is 2. The van der Waals surface area contributed by atoms with Crippen molar-refractivity contribution in [2.75, 3.05) is 6.54 Å². The molecule has 2 N–H and O–H groups in total. The van der Waals surface area contributed by atoms with E-state index in [1.807, 2.05) is 36.5 Å². The first kappa shape index (κ1) is 10.9. The van der Waals surface area contributed by atoms with Crippen LogP contribution in [0.1, 0.15) is 5.69 Å². The average Bonchev–Trinajstić information content (AvgIpc) is 2.80. The lowest BCUT2D eigenvalue weighted by molar-refractivity contribution is 0.907. The van der Waals surface area contributed by atoms with E-state index in [1.165, 1.54) is 0 Å². The molecule has 3 rings (SSSR count). The molecule has 0 unspecified atom stereocenters. The van der Waals surface area contributed by atoms with Crippen LogP contribution in [0.2, 0.25) is 0 Å². The lowest BCUT2D eigenvalue weighted by atomic mass is 10.1. The maximum atomic E-state index is 5.70. The van der Waals surface area contributed by atoms with E-state index in [0.717, 1.165) is 29.0 Å². The maximum Gasteiger partial charge on any atom is 0.137 e. The lowest BCUT2D eigenvalue weighted by Crippen LogP contribution is -2.06. The number of hydrogen-bond acceptors (Lipinski definition) is 3. The zero-order chi connectivity index (χ0) is 12.4. The van der Waals surface area contributed by atoms with E-state index >= 15 is 0 Å². The van der Waals surface area contributed by atoms with Gasteiger partial charge in [0, 0.05) is 30.6 Å². The predicted molar refractivity (Wildman–Crippen MR) is 71.2 cm³/mol. The molecule has 0 radical (unpaired) electrons. The lowest BCUT2D eigenvalue weighted by Gasteiger charge is -2.03. The molecule has 0 fully saturated rings. The number of nitrogens with two attached hydrogens (primary N) is 1. The first-order valence-corrected chi connectivity index (χ1v) is 5.96. The highest BCUT2D eigenvalue weighted by atomic mass is 15.0. The van der Waals surface area contributed by atoms with Crippen LogP contribution in [0.25, 0.3) is 16.9 Å². The molecule has 0 amide bonds. The Bertz CT molecular complexity index is 658. The summed E-state index contributed by atoms with van der Waals surface area (Å²) in [5, 5.41) is 0. The monoisotopic (exact) mass is 238 g/mol. The number of nitrogens with zero attached hydrogens (tertiary/aromatic N) is 3. The predicted octanol–water partition coefficient (Wildman–Crippen LogP) is 1.90. The standard InChI is InChI=1S/C14H14N4/c15-7-4-12-14(11-5-8-16-9-6-11)17-13-3-1-2-10-18(12)13/h1-3,5-6,8-10H,4,7,15H2. The molecule has 90 valence electrons. The molecule has 0 aliphatic heterocycles. The van der Waals surface area contributed by atoms with Gasteiger partial charge in [0.05, 0.1) is 11.4 Å². The van der Waals surface area contributed by atoms with Crippen molar-refractivity contribution >= 4 is 5.65 Å². The molecule has 0 aliphatic carbocycles. The minimum Gasteiger partial charge on any atom is -0.330 e. The van der Waals surface area contributed by atoms with Crippen molar-refractivity contribution in [1.82, 2.24) is 14.4 Å². The van der Waals surface area contributed by atoms with Crippen LogP contribution in [-0.2, 0) is 6.42 Å². The molecule has 0 saturated carbocycles. The van der Waals surface area contributed by atoms with Gasteiger partial charge in [-0.05, 0) is 30.8 Å². The van der Waals surface area contributed by atoms with Crippen LogP contribution in [0.15, 0.2) is 48.9 Å². The first-order chi connectivity index (χ1) is 8.90. The normalized spacial score (nSPS) is 10.9. The van der Waals surface area contributed by atoms with Gasteiger partial charge in [-0.1, -0.05) is 6.07 Å². The van der Waals surface area contributed by atoms with Gasteiger partial charge in [-0.25, -0.2) is 4.98 Å². The Kier molecular flexibility index (Phi) is 2.78. The highest BCUT2D eigenvalue weighted by Crippen LogP contribution is 2.23. The van der Waals surface area contributed by atoms with E-state index in [-0.39, 0.29) is 0 Å². The van der Waals surface area contributed by atoms with Crippen molar-refractivity contribution in [3.63, 3.8) is 0 Å². The molecule has 0 aromatic carbocycles. The Morgan fingerprint density at radius 3 is 2.72 bits per heavy atom. The molecular formula is C14H14N4. The third-order valence-electron chi connectivity index (χ3n) is 2.96.